The summed E-state index contributed by atoms with van der Waals surface area (Å²) in [6, 6.07) is 7.05. The van der Waals surface area contributed by atoms with E-state index in [1.165, 1.54) is 6.33 Å². The Hall–Kier alpha value is -3.62. The van der Waals surface area contributed by atoms with Gasteiger partial charge in [0.25, 0.3) is 5.56 Å². The van der Waals surface area contributed by atoms with E-state index in [4.69, 9.17) is 0 Å². The van der Waals surface area contributed by atoms with Gasteiger partial charge in [-0.25, -0.2) is 19.6 Å². The maximum atomic E-state index is 12.3. The van der Waals surface area contributed by atoms with Gasteiger partial charge in [0.15, 0.2) is 11.5 Å². The molecule has 0 unspecified atom stereocenters. The van der Waals surface area contributed by atoms with Gasteiger partial charge in [-0.1, -0.05) is 0 Å². The highest BCUT2D eigenvalue weighted by molar-refractivity contribution is 5.83. The van der Waals surface area contributed by atoms with E-state index in [2.05, 4.69) is 34.9 Å². The number of nitrogens with one attached hydrogen (secondary N) is 1. The molecule has 128 valence electrons. The van der Waals surface area contributed by atoms with Gasteiger partial charge in [-0.2, -0.15) is 5.10 Å². The van der Waals surface area contributed by atoms with Crippen LogP contribution in [0.1, 0.15) is 6.04 Å². The monoisotopic (exact) mass is 346 g/mol. The molecule has 5 rings (SSSR count). The minimum atomic E-state index is -0.109. The molecule has 4 aromatic rings. The summed E-state index contributed by atoms with van der Waals surface area (Å²) < 4.78 is 1.55. The maximum Gasteiger partial charge on any atom is 0.267 e. The standard InChI is InChI=1S/C17H14N8O/c26-14-2-1-13(11-3-5-18-6-4-11)23-25(14)12-7-24(8-12)17-15-16(20-9-19-15)21-10-22-17/h1-6,9-10,12H,7-8H2,(H,19,20,21,22). The van der Waals surface area contributed by atoms with E-state index in [1.807, 2.05) is 12.1 Å². The van der Waals surface area contributed by atoms with Crippen molar-refractivity contribution in [3.05, 3.63) is 59.7 Å². The lowest BCUT2D eigenvalue weighted by molar-refractivity contribution is 0.353. The molecule has 1 saturated heterocycles. The normalized spacial score (nSPS) is 14.5. The SMILES string of the molecule is O=c1ccc(-c2ccncc2)nn1C1CN(c2ncnc3nc[nH]c23)C1. The van der Waals surface area contributed by atoms with Crippen molar-refractivity contribution in [2.75, 3.05) is 18.0 Å². The molecule has 0 aliphatic carbocycles. The Morgan fingerprint density at radius 3 is 2.73 bits per heavy atom. The molecule has 0 amide bonds. The number of hydrogen-bond acceptors (Lipinski definition) is 7. The number of fused-ring (bicyclic) bond motifs is 1. The molecule has 5 heterocycles. The second kappa shape index (κ2) is 5.73. The number of rotatable bonds is 3. The van der Waals surface area contributed by atoms with Crippen LogP contribution in [0, 0.1) is 0 Å². The van der Waals surface area contributed by atoms with Gasteiger partial charge in [0, 0.05) is 37.1 Å². The van der Waals surface area contributed by atoms with Gasteiger partial charge >= 0.3 is 0 Å². The van der Waals surface area contributed by atoms with Crippen LogP contribution in [-0.4, -0.2) is 47.8 Å². The van der Waals surface area contributed by atoms with Gasteiger partial charge in [0.1, 0.15) is 11.8 Å². The lowest BCUT2D eigenvalue weighted by Crippen LogP contribution is -2.51. The van der Waals surface area contributed by atoms with Crippen LogP contribution in [0.2, 0.25) is 0 Å². The molecule has 0 radical (unpaired) electrons. The number of pyridine rings is 1. The molecule has 4 aromatic heterocycles. The summed E-state index contributed by atoms with van der Waals surface area (Å²) in [5, 5.41) is 4.54. The minimum absolute atomic E-state index is 0.00257. The molecule has 0 bridgehead atoms. The predicted molar refractivity (Wildman–Crippen MR) is 94.7 cm³/mol. The molecule has 1 aliphatic heterocycles. The molecular weight excluding hydrogens is 332 g/mol. The van der Waals surface area contributed by atoms with Crippen molar-refractivity contribution in [1.82, 2.24) is 34.7 Å². The van der Waals surface area contributed by atoms with Crippen molar-refractivity contribution in [2.45, 2.75) is 6.04 Å². The average molecular weight is 346 g/mol. The largest absolute Gasteiger partial charge is 0.350 e. The molecule has 9 heteroatoms. The van der Waals surface area contributed by atoms with Gasteiger partial charge in [0.05, 0.1) is 18.1 Å². The number of imidazole rings is 1. The molecule has 0 aromatic carbocycles. The molecule has 0 atom stereocenters. The Bertz CT molecular complexity index is 1130. The van der Waals surface area contributed by atoms with Crippen LogP contribution >= 0.6 is 0 Å². The van der Waals surface area contributed by atoms with Crippen LogP contribution in [0.5, 0.6) is 0 Å². The molecular formula is C17H14N8O. The first-order chi connectivity index (χ1) is 12.8. The summed E-state index contributed by atoms with van der Waals surface area (Å²) in [4.78, 5) is 34.1. The van der Waals surface area contributed by atoms with E-state index in [1.54, 1.807) is 35.5 Å². The third-order valence-corrected chi connectivity index (χ3v) is 4.51. The Labute approximate surface area is 147 Å². The fraction of sp³-hybridized carbons (Fsp3) is 0.176. The summed E-state index contributed by atoms with van der Waals surface area (Å²) in [6.45, 7) is 1.30. The van der Waals surface area contributed by atoms with Crippen molar-refractivity contribution < 1.29 is 0 Å². The second-order valence-corrected chi connectivity index (χ2v) is 6.09. The summed E-state index contributed by atoms with van der Waals surface area (Å²) in [5.74, 6) is 0.794. The third-order valence-electron chi connectivity index (χ3n) is 4.51. The molecule has 1 fully saturated rings. The summed E-state index contributed by atoms with van der Waals surface area (Å²) >= 11 is 0. The maximum absolute atomic E-state index is 12.3. The molecule has 1 N–H and O–H groups in total. The van der Waals surface area contributed by atoms with Crippen molar-refractivity contribution in [3.63, 3.8) is 0 Å². The number of anilines is 1. The van der Waals surface area contributed by atoms with Gasteiger partial charge < -0.3 is 9.88 Å². The fourth-order valence-electron chi connectivity index (χ4n) is 3.14. The Morgan fingerprint density at radius 1 is 1.04 bits per heavy atom. The van der Waals surface area contributed by atoms with Crippen LogP contribution in [0.3, 0.4) is 0 Å². The van der Waals surface area contributed by atoms with Crippen molar-refractivity contribution in [1.29, 1.82) is 0 Å². The topological polar surface area (TPSA) is 105 Å². The lowest BCUT2D eigenvalue weighted by Gasteiger charge is -2.40. The highest BCUT2D eigenvalue weighted by Crippen LogP contribution is 2.29. The van der Waals surface area contributed by atoms with Gasteiger partial charge in [-0.05, 0) is 18.2 Å². The number of aromatic amines is 1. The Balaban J connectivity index is 1.43. The van der Waals surface area contributed by atoms with Gasteiger partial charge in [-0.15, -0.1) is 0 Å². The minimum Gasteiger partial charge on any atom is -0.350 e. The predicted octanol–water partition coefficient (Wildman–Crippen LogP) is 1.03. The van der Waals surface area contributed by atoms with E-state index in [-0.39, 0.29) is 11.6 Å². The van der Waals surface area contributed by atoms with Crippen LogP contribution in [0.15, 0.2) is 54.1 Å². The van der Waals surface area contributed by atoms with E-state index < -0.39 is 0 Å². The molecule has 9 nitrogen and oxygen atoms in total. The van der Waals surface area contributed by atoms with Crippen LogP contribution in [-0.2, 0) is 0 Å². The third kappa shape index (κ3) is 2.32. The zero-order chi connectivity index (χ0) is 17.5. The van der Waals surface area contributed by atoms with Crippen LogP contribution < -0.4 is 10.5 Å². The Kier molecular flexibility index (Phi) is 3.24. The first-order valence-corrected chi connectivity index (χ1v) is 8.19. The zero-order valence-corrected chi connectivity index (χ0v) is 13.6. The molecule has 1 aliphatic rings. The lowest BCUT2D eigenvalue weighted by atomic mass is 10.1. The molecule has 0 saturated carbocycles. The fourth-order valence-corrected chi connectivity index (χ4v) is 3.14. The number of nitrogens with zero attached hydrogens (tertiary/aromatic N) is 7. The smallest absolute Gasteiger partial charge is 0.267 e. The zero-order valence-electron chi connectivity index (χ0n) is 13.6. The number of hydrogen-bond donors (Lipinski definition) is 1. The first kappa shape index (κ1) is 14.7. The van der Waals surface area contributed by atoms with Gasteiger partial charge in [-0.3, -0.25) is 9.78 Å². The van der Waals surface area contributed by atoms with E-state index in [0.717, 1.165) is 22.6 Å². The molecule has 0 spiro atoms. The second-order valence-electron chi connectivity index (χ2n) is 6.09. The highest BCUT2D eigenvalue weighted by atomic mass is 16.1. The van der Waals surface area contributed by atoms with Crippen molar-refractivity contribution in [2.24, 2.45) is 0 Å². The van der Waals surface area contributed by atoms with Crippen molar-refractivity contribution in [3.8, 4) is 11.3 Å². The first-order valence-electron chi connectivity index (χ1n) is 8.19. The average Bonchev–Trinajstić information content (AvgIpc) is 3.12. The van der Waals surface area contributed by atoms with E-state index in [0.29, 0.717) is 18.7 Å². The van der Waals surface area contributed by atoms with Crippen LogP contribution in [0.25, 0.3) is 22.4 Å². The van der Waals surface area contributed by atoms with Gasteiger partial charge in [0.2, 0.25) is 0 Å². The quantitative estimate of drug-likeness (QED) is 0.590. The number of aromatic nitrogens is 7. The van der Waals surface area contributed by atoms with Crippen LogP contribution in [0.4, 0.5) is 5.82 Å². The highest BCUT2D eigenvalue weighted by Gasteiger charge is 2.32. The number of H-pyrrole nitrogens is 1. The van der Waals surface area contributed by atoms with E-state index >= 15 is 0 Å². The van der Waals surface area contributed by atoms with E-state index in [9.17, 15) is 4.79 Å². The summed E-state index contributed by atoms with van der Waals surface area (Å²) in [5.41, 5.74) is 3.01. The Morgan fingerprint density at radius 2 is 1.88 bits per heavy atom. The van der Waals surface area contributed by atoms with Crippen molar-refractivity contribution >= 4 is 17.0 Å². The summed E-state index contributed by atoms with van der Waals surface area (Å²) in [6.07, 6.45) is 6.52. The summed E-state index contributed by atoms with van der Waals surface area (Å²) in [7, 11) is 0. The molecule has 26 heavy (non-hydrogen) atoms.